The first-order valence-electron chi connectivity index (χ1n) is 8.71. The third-order valence-corrected chi connectivity index (χ3v) is 6.66. The average molecular weight is 403 g/mol. The summed E-state index contributed by atoms with van der Waals surface area (Å²) in [6.07, 6.45) is 2.00. The highest BCUT2D eigenvalue weighted by Gasteiger charge is 2.18. The van der Waals surface area contributed by atoms with E-state index in [-0.39, 0.29) is 10.5 Å². The lowest BCUT2D eigenvalue weighted by atomic mass is 10.1. The predicted octanol–water partition coefficient (Wildman–Crippen LogP) is 3.87. The van der Waals surface area contributed by atoms with Gasteiger partial charge < -0.3 is 4.57 Å². The van der Waals surface area contributed by atoms with Gasteiger partial charge in [-0.3, -0.25) is 4.79 Å². The Morgan fingerprint density at radius 1 is 1.15 bits per heavy atom. The van der Waals surface area contributed by atoms with E-state index in [0.717, 1.165) is 29.4 Å². The lowest BCUT2D eigenvalue weighted by Crippen LogP contribution is -2.17. The summed E-state index contributed by atoms with van der Waals surface area (Å²) >= 11 is 1.45. The van der Waals surface area contributed by atoms with Crippen LogP contribution in [0.4, 0.5) is 0 Å². The van der Waals surface area contributed by atoms with Gasteiger partial charge in [-0.15, -0.1) is 0 Å². The molecule has 7 heteroatoms. The number of hydrogen-bond donors (Lipinski definition) is 0. The summed E-state index contributed by atoms with van der Waals surface area (Å²) in [5, 5.41) is 0. The van der Waals surface area contributed by atoms with E-state index in [1.165, 1.54) is 34.6 Å². The first kappa shape index (κ1) is 19.5. The number of aryl methyl sites for hydroxylation is 3. The molecule has 142 valence electrons. The van der Waals surface area contributed by atoms with Crippen LogP contribution in [-0.2, 0) is 16.4 Å². The van der Waals surface area contributed by atoms with E-state index >= 15 is 0 Å². The Bertz CT molecular complexity index is 1200. The summed E-state index contributed by atoms with van der Waals surface area (Å²) in [6, 6.07) is 10.4. The van der Waals surface area contributed by atoms with Crippen molar-refractivity contribution >= 4 is 37.3 Å². The normalized spacial score (nSPS) is 12.7. The van der Waals surface area contributed by atoms with Crippen LogP contribution in [0.2, 0.25) is 0 Å². The molecule has 0 fully saturated rings. The van der Waals surface area contributed by atoms with Gasteiger partial charge in [-0.05, 0) is 55.7 Å². The number of carbonyl (C=O) groups is 1. The summed E-state index contributed by atoms with van der Waals surface area (Å²) in [7, 11) is -3.51. The van der Waals surface area contributed by atoms with Crippen LogP contribution in [0.1, 0.15) is 34.8 Å². The monoisotopic (exact) mass is 402 g/mol. The molecular weight excluding hydrogens is 380 g/mol. The Morgan fingerprint density at radius 2 is 1.81 bits per heavy atom. The molecule has 0 radical (unpaired) electrons. The molecule has 0 saturated carbocycles. The van der Waals surface area contributed by atoms with Gasteiger partial charge in [0.2, 0.25) is 0 Å². The van der Waals surface area contributed by atoms with Crippen molar-refractivity contribution < 1.29 is 13.2 Å². The van der Waals surface area contributed by atoms with E-state index in [9.17, 15) is 13.2 Å². The van der Waals surface area contributed by atoms with Crippen molar-refractivity contribution in [3.05, 3.63) is 57.9 Å². The van der Waals surface area contributed by atoms with Crippen molar-refractivity contribution in [2.45, 2.75) is 38.6 Å². The summed E-state index contributed by atoms with van der Waals surface area (Å²) in [5.41, 5.74) is 3.53. The predicted molar refractivity (Wildman–Crippen MR) is 109 cm³/mol. The fraction of sp³-hybridized carbons (Fsp3) is 0.300. The van der Waals surface area contributed by atoms with Gasteiger partial charge in [-0.25, -0.2) is 8.42 Å². The van der Waals surface area contributed by atoms with Crippen LogP contribution in [0.5, 0.6) is 0 Å². The fourth-order valence-electron chi connectivity index (χ4n) is 2.96. The van der Waals surface area contributed by atoms with Crippen LogP contribution < -0.4 is 4.80 Å². The summed E-state index contributed by atoms with van der Waals surface area (Å²) in [4.78, 5) is 17.7. The molecule has 27 heavy (non-hydrogen) atoms. The van der Waals surface area contributed by atoms with Crippen LogP contribution in [0.3, 0.4) is 0 Å². The van der Waals surface area contributed by atoms with Crippen molar-refractivity contribution in [1.29, 1.82) is 0 Å². The first-order valence-corrected chi connectivity index (χ1v) is 11.4. The highest BCUT2D eigenvalue weighted by atomic mass is 32.2. The van der Waals surface area contributed by atoms with Crippen molar-refractivity contribution in [2.75, 3.05) is 6.26 Å². The molecule has 1 heterocycles. The molecule has 3 aromatic rings. The Hall–Kier alpha value is -2.25. The summed E-state index contributed by atoms with van der Waals surface area (Å²) < 4.78 is 27.1. The number of benzene rings is 2. The lowest BCUT2D eigenvalue weighted by Gasteiger charge is -2.06. The quantitative estimate of drug-likeness (QED) is 0.665. The van der Waals surface area contributed by atoms with Crippen molar-refractivity contribution in [1.82, 2.24) is 4.57 Å². The number of sulfone groups is 1. The molecule has 0 saturated heterocycles. The molecule has 0 unspecified atom stereocenters. The maximum atomic E-state index is 12.8. The van der Waals surface area contributed by atoms with Crippen molar-refractivity contribution in [3.63, 3.8) is 0 Å². The number of thiazole rings is 1. The topological polar surface area (TPSA) is 68.5 Å². The van der Waals surface area contributed by atoms with E-state index < -0.39 is 15.7 Å². The van der Waals surface area contributed by atoms with Gasteiger partial charge in [0.25, 0.3) is 5.91 Å². The molecule has 0 atom stereocenters. The number of hydrogen-bond acceptors (Lipinski definition) is 4. The number of carbonyl (C=O) groups excluding carboxylic acids is 1. The van der Waals surface area contributed by atoms with Crippen LogP contribution >= 0.6 is 11.3 Å². The average Bonchev–Trinajstić information content (AvgIpc) is 2.91. The molecule has 2 aromatic carbocycles. The fourth-order valence-corrected chi connectivity index (χ4v) is 4.98. The molecular formula is C20H22N2O3S2. The minimum absolute atomic E-state index is 0.00796. The van der Waals surface area contributed by atoms with Gasteiger partial charge in [0.1, 0.15) is 0 Å². The maximum absolute atomic E-state index is 12.8. The van der Waals surface area contributed by atoms with Crippen LogP contribution in [0.25, 0.3) is 10.2 Å². The van der Waals surface area contributed by atoms with E-state index in [4.69, 9.17) is 0 Å². The van der Waals surface area contributed by atoms with Crippen LogP contribution in [-0.4, -0.2) is 25.1 Å². The second kappa shape index (κ2) is 7.40. The third-order valence-electron chi connectivity index (χ3n) is 4.46. The number of rotatable bonds is 4. The molecule has 0 N–H and O–H groups in total. The van der Waals surface area contributed by atoms with E-state index in [1.54, 1.807) is 12.1 Å². The smallest absolute Gasteiger partial charge is 0.280 e. The SMILES string of the molecule is CCCn1c(=NC(=O)c2ccccc2S(C)(=O)=O)sc2cc(C)c(C)cc21. The molecule has 5 nitrogen and oxygen atoms in total. The summed E-state index contributed by atoms with van der Waals surface area (Å²) in [6.45, 7) is 6.93. The third kappa shape index (κ3) is 3.89. The number of fused-ring (bicyclic) bond motifs is 1. The molecule has 0 aliphatic rings. The zero-order valence-electron chi connectivity index (χ0n) is 15.8. The van der Waals surface area contributed by atoms with E-state index in [2.05, 4.69) is 37.9 Å². The van der Waals surface area contributed by atoms with Gasteiger partial charge in [-0.2, -0.15) is 4.99 Å². The van der Waals surface area contributed by atoms with Gasteiger partial charge >= 0.3 is 0 Å². The second-order valence-corrected chi connectivity index (χ2v) is 9.62. The highest BCUT2D eigenvalue weighted by molar-refractivity contribution is 7.90. The molecule has 0 aliphatic carbocycles. The van der Waals surface area contributed by atoms with Gasteiger partial charge in [0, 0.05) is 12.8 Å². The standard InChI is InChI=1S/C20H22N2O3S2/c1-5-10-22-16-11-13(2)14(3)12-17(16)26-20(22)21-19(23)15-8-6-7-9-18(15)27(4,24)25/h6-9,11-12H,5,10H2,1-4H3. The minimum Gasteiger partial charge on any atom is -0.316 e. The van der Waals surface area contributed by atoms with Crippen LogP contribution in [0.15, 0.2) is 46.3 Å². The molecule has 3 rings (SSSR count). The highest BCUT2D eigenvalue weighted by Crippen LogP contribution is 2.23. The lowest BCUT2D eigenvalue weighted by molar-refractivity contribution is 0.0994. The number of nitrogens with zero attached hydrogens (tertiary/aromatic N) is 2. The molecule has 0 bridgehead atoms. The number of amides is 1. The Labute approximate surface area is 162 Å². The molecule has 1 amide bonds. The molecule has 0 aliphatic heterocycles. The second-order valence-electron chi connectivity index (χ2n) is 6.63. The molecule has 1 aromatic heterocycles. The Morgan fingerprint density at radius 3 is 2.48 bits per heavy atom. The maximum Gasteiger partial charge on any atom is 0.280 e. The molecule has 0 spiro atoms. The van der Waals surface area contributed by atoms with Gasteiger partial charge in [0.15, 0.2) is 14.6 Å². The van der Waals surface area contributed by atoms with Crippen molar-refractivity contribution in [3.8, 4) is 0 Å². The minimum atomic E-state index is -3.51. The zero-order valence-corrected chi connectivity index (χ0v) is 17.4. The van der Waals surface area contributed by atoms with Gasteiger partial charge in [-0.1, -0.05) is 30.4 Å². The number of aromatic nitrogens is 1. The van der Waals surface area contributed by atoms with Crippen molar-refractivity contribution in [2.24, 2.45) is 4.99 Å². The Balaban J connectivity index is 2.22. The Kier molecular flexibility index (Phi) is 5.35. The van der Waals surface area contributed by atoms with E-state index in [1.807, 2.05) is 4.57 Å². The zero-order chi connectivity index (χ0) is 19.8. The largest absolute Gasteiger partial charge is 0.316 e. The van der Waals surface area contributed by atoms with Crippen LogP contribution in [0, 0.1) is 13.8 Å². The van der Waals surface area contributed by atoms with E-state index in [0.29, 0.717) is 4.80 Å². The first-order chi connectivity index (χ1) is 12.7. The van der Waals surface area contributed by atoms with Gasteiger partial charge in [0.05, 0.1) is 20.7 Å². The summed E-state index contributed by atoms with van der Waals surface area (Å²) in [5.74, 6) is -0.541.